The van der Waals surface area contributed by atoms with Crippen LogP contribution in [0.3, 0.4) is 0 Å². The second kappa shape index (κ2) is 5.02. The van der Waals surface area contributed by atoms with E-state index in [0.717, 1.165) is 0 Å². The number of hydrogen-bond donors (Lipinski definition) is 1. The zero-order valence-corrected chi connectivity index (χ0v) is 11.0. The molecule has 1 aliphatic heterocycles. The minimum Gasteiger partial charge on any atom is -0.389 e. The third-order valence-corrected chi connectivity index (χ3v) is 3.33. The SMILES string of the molecule is CC1CC(=O)N(Cc2cccc(C(N)=S)c2F)C1. The molecule has 96 valence electrons. The summed E-state index contributed by atoms with van der Waals surface area (Å²) < 4.78 is 14.1. The van der Waals surface area contributed by atoms with Gasteiger partial charge >= 0.3 is 0 Å². The maximum atomic E-state index is 14.1. The number of benzene rings is 1. The molecule has 1 atom stereocenters. The molecule has 3 nitrogen and oxygen atoms in total. The first kappa shape index (κ1) is 13.0. The van der Waals surface area contributed by atoms with Crippen molar-refractivity contribution in [3.63, 3.8) is 0 Å². The van der Waals surface area contributed by atoms with Gasteiger partial charge in [-0.15, -0.1) is 0 Å². The Bertz CT molecular complexity index is 504. The third kappa shape index (κ3) is 2.51. The van der Waals surface area contributed by atoms with Gasteiger partial charge in [0.25, 0.3) is 0 Å². The Hall–Kier alpha value is -1.49. The molecule has 2 N–H and O–H groups in total. The molecule has 1 fully saturated rings. The summed E-state index contributed by atoms with van der Waals surface area (Å²) in [5.41, 5.74) is 6.15. The quantitative estimate of drug-likeness (QED) is 0.849. The predicted molar refractivity (Wildman–Crippen MR) is 71.5 cm³/mol. The molecule has 5 heteroatoms. The molecule has 1 aromatic rings. The largest absolute Gasteiger partial charge is 0.389 e. The molecule has 1 saturated heterocycles. The lowest BCUT2D eigenvalue weighted by Crippen LogP contribution is -2.25. The third-order valence-electron chi connectivity index (χ3n) is 3.11. The van der Waals surface area contributed by atoms with Crippen molar-refractivity contribution in [2.45, 2.75) is 19.9 Å². The van der Waals surface area contributed by atoms with Crippen molar-refractivity contribution >= 4 is 23.1 Å². The number of thiocarbonyl (C=S) groups is 1. The van der Waals surface area contributed by atoms with E-state index in [1.165, 1.54) is 0 Å². The Morgan fingerprint density at radius 2 is 2.33 bits per heavy atom. The van der Waals surface area contributed by atoms with E-state index in [2.05, 4.69) is 0 Å². The summed E-state index contributed by atoms with van der Waals surface area (Å²) in [5, 5.41) is 0. The average molecular weight is 266 g/mol. The highest BCUT2D eigenvalue weighted by Crippen LogP contribution is 2.21. The van der Waals surface area contributed by atoms with Gasteiger partial charge in [0.1, 0.15) is 10.8 Å². The summed E-state index contributed by atoms with van der Waals surface area (Å²) in [5.74, 6) is -0.0145. The molecule has 0 radical (unpaired) electrons. The predicted octanol–water partition coefficient (Wildman–Crippen LogP) is 1.83. The molecular formula is C13H15FN2OS. The Kier molecular flexibility index (Phi) is 3.61. The van der Waals surface area contributed by atoms with Crippen LogP contribution < -0.4 is 5.73 Å². The van der Waals surface area contributed by atoms with Gasteiger partial charge < -0.3 is 10.6 Å². The van der Waals surface area contributed by atoms with E-state index in [-0.39, 0.29) is 23.0 Å². The number of carbonyl (C=O) groups excluding carboxylic acids is 1. The average Bonchev–Trinajstić information content (AvgIpc) is 2.60. The number of hydrogen-bond acceptors (Lipinski definition) is 2. The first-order valence-electron chi connectivity index (χ1n) is 5.84. The molecule has 0 saturated carbocycles. The van der Waals surface area contributed by atoms with Gasteiger partial charge in [0, 0.05) is 30.6 Å². The molecular weight excluding hydrogens is 251 g/mol. The normalized spacial score (nSPS) is 19.3. The maximum absolute atomic E-state index is 14.1. The lowest BCUT2D eigenvalue weighted by molar-refractivity contribution is -0.128. The first-order chi connectivity index (χ1) is 8.49. The fourth-order valence-electron chi connectivity index (χ4n) is 2.22. The number of carbonyl (C=O) groups is 1. The summed E-state index contributed by atoms with van der Waals surface area (Å²) >= 11 is 4.79. The fraction of sp³-hybridized carbons (Fsp3) is 0.385. The number of halogens is 1. The summed E-state index contributed by atoms with van der Waals surface area (Å²) in [6, 6.07) is 4.92. The van der Waals surface area contributed by atoms with Crippen molar-refractivity contribution in [2.75, 3.05) is 6.54 Å². The van der Waals surface area contributed by atoms with E-state index >= 15 is 0 Å². The number of nitrogens with zero attached hydrogens (tertiary/aromatic N) is 1. The Morgan fingerprint density at radius 1 is 1.61 bits per heavy atom. The zero-order chi connectivity index (χ0) is 13.3. The van der Waals surface area contributed by atoms with Gasteiger partial charge in [-0.25, -0.2) is 4.39 Å². The smallest absolute Gasteiger partial charge is 0.223 e. The van der Waals surface area contributed by atoms with Gasteiger partial charge in [-0.2, -0.15) is 0 Å². The summed E-state index contributed by atoms with van der Waals surface area (Å²) in [7, 11) is 0. The van der Waals surface area contributed by atoms with Crippen LogP contribution in [0.15, 0.2) is 18.2 Å². The zero-order valence-electron chi connectivity index (χ0n) is 10.1. The van der Waals surface area contributed by atoms with E-state index in [0.29, 0.717) is 24.4 Å². The van der Waals surface area contributed by atoms with Crippen LogP contribution in [0.5, 0.6) is 0 Å². The van der Waals surface area contributed by atoms with Gasteiger partial charge in [0.05, 0.1) is 0 Å². The Morgan fingerprint density at radius 3 is 2.89 bits per heavy atom. The van der Waals surface area contributed by atoms with Crippen molar-refractivity contribution in [3.8, 4) is 0 Å². The van der Waals surface area contributed by atoms with Gasteiger partial charge in [-0.05, 0) is 12.0 Å². The van der Waals surface area contributed by atoms with Crippen LogP contribution in [0.1, 0.15) is 24.5 Å². The summed E-state index contributed by atoms with van der Waals surface area (Å²) in [6.45, 7) is 2.97. The minimum atomic E-state index is -0.419. The lowest BCUT2D eigenvalue weighted by Gasteiger charge is -2.17. The van der Waals surface area contributed by atoms with E-state index in [4.69, 9.17) is 18.0 Å². The molecule has 1 unspecified atom stereocenters. The van der Waals surface area contributed by atoms with Crippen molar-refractivity contribution in [2.24, 2.45) is 11.7 Å². The van der Waals surface area contributed by atoms with E-state index in [1.807, 2.05) is 6.92 Å². The van der Waals surface area contributed by atoms with Gasteiger partial charge in [-0.3, -0.25) is 4.79 Å². The molecule has 0 aliphatic carbocycles. The topological polar surface area (TPSA) is 46.3 Å². The number of rotatable bonds is 3. The molecule has 1 heterocycles. The van der Waals surface area contributed by atoms with Gasteiger partial charge in [0.2, 0.25) is 5.91 Å². The molecule has 18 heavy (non-hydrogen) atoms. The van der Waals surface area contributed by atoms with Crippen LogP contribution in [-0.2, 0) is 11.3 Å². The second-order valence-corrected chi connectivity index (χ2v) is 5.17. The highest BCUT2D eigenvalue weighted by Gasteiger charge is 2.27. The maximum Gasteiger partial charge on any atom is 0.223 e. The van der Waals surface area contributed by atoms with E-state index in [9.17, 15) is 9.18 Å². The standard InChI is InChI=1S/C13H15FN2OS/c1-8-5-11(17)16(6-8)7-9-3-2-4-10(12(9)14)13(15)18/h2-4,8H,5-7H2,1H3,(H2,15,18). The molecule has 0 bridgehead atoms. The molecule has 1 aliphatic rings. The van der Waals surface area contributed by atoms with Crippen molar-refractivity contribution in [1.82, 2.24) is 4.90 Å². The monoisotopic (exact) mass is 266 g/mol. The van der Waals surface area contributed by atoms with Gasteiger partial charge in [0.15, 0.2) is 0 Å². The number of amides is 1. The number of likely N-dealkylation sites (tertiary alicyclic amines) is 1. The van der Waals surface area contributed by atoms with E-state index in [1.54, 1.807) is 23.1 Å². The summed E-state index contributed by atoms with van der Waals surface area (Å²) in [4.78, 5) is 13.4. The lowest BCUT2D eigenvalue weighted by atomic mass is 10.1. The second-order valence-electron chi connectivity index (χ2n) is 4.73. The van der Waals surface area contributed by atoms with Crippen molar-refractivity contribution < 1.29 is 9.18 Å². The van der Waals surface area contributed by atoms with Crippen LogP contribution in [0, 0.1) is 11.7 Å². The van der Waals surface area contributed by atoms with Crippen molar-refractivity contribution in [1.29, 1.82) is 0 Å². The van der Waals surface area contributed by atoms with Gasteiger partial charge in [-0.1, -0.05) is 31.3 Å². The first-order valence-corrected chi connectivity index (χ1v) is 6.25. The Labute approximate surface area is 111 Å². The molecule has 0 spiro atoms. The summed E-state index contributed by atoms with van der Waals surface area (Å²) in [6.07, 6.45) is 0.538. The molecule has 0 aromatic heterocycles. The molecule has 1 amide bonds. The molecule has 1 aromatic carbocycles. The van der Waals surface area contributed by atoms with Crippen LogP contribution in [0.4, 0.5) is 4.39 Å². The van der Waals surface area contributed by atoms with Crippen LogP contribution >= 0.6 is 12.2 Å². The van der Waals surface area contributed by atoms with Crippen molar-refractivity contribution in [3.05, 3.63) is 35.1 Å². The van der Waals surface area contributed by atoms with Crippen LogP contribution in [-0.4, -0.2) is 22.3 Å². The Balaban J connectivity index is 2.22. The highest BCUT2D eigenvalue weighted by molar-refractivity contribution is 7.80. The highest BCUT2D eigenvalue weighted by atomic mass is 32.1. The van der Waals surface area contributed by atoms with Crippen LogP contribution in [0.25, 0.3) is 0 Å². The fourth-order valence-corrected chi connectivity index (χ4v) is 2.38. The van der Waals surface area contributed by atoms with Crippen LogP contribution in [0.2, 0.25) is 0 Å². The molecule has 2 rings (SSSR count). The number of nitrogens with two attached hydrogens (primary N) is 1. The minimum absolute atomic E-state index is 0.0375. The van der Waals surface area contributed by atoms with E-state index < -0.39 is 5.82 Å².